The topological polar surface area (TPSA) is 115 Å². The van der Waals surface area contributed by atoms with Crippen LogP contribution in [0.15, 0.2) is 22.6 Å². The maximum Gasteiger partial charge on any atom is 0.295 e. The van der Waals surface area contributed by atoms with Gasteiger partial charge in [-0.1, -0.05) is 0 Å². The lowest BCUT2D eigenvalue weighted by molar-refractivity contribution is -0.384. The van der Waals surface area contributed by atoms with E-state index in [0.717, 1.165) is 6.26 Å². The number of rotatable bonds is 5. The van der Waals surface area contributed by atoms with Crippen LogP contribution in [-0.2, 0) is 9.84 Å². The van der Waals surface area contributed by atoms with Crippen LogP contribution in [0.1, 0.15) is 0 Å². The van der Waals surface area contributed by atoms with Crippen LogP contribution in [0.3, 0.4) is 0 Å². The van der Waals surface area contributed by atoms with Gasteiger partial charge in [0, 0.05) is 18.9 Å². The Balaban J connectivity index is 2.15. The quantitative estimate of drug-likeness (QED) is 0.648. The Kier molecular flexibility index (Phi) is 3.38. The summed E-state index contributed by atoms with van der Waals surface area (Å²) in [7, 11) is -3.06. The second-order valence-corrected chi connectivity index (χ2v) is 6.24. The van der Waals surface area contributed by atoms with Gasteiger partial charge in [0.25, 0.3) is 11.7 Å². The minimum Gasteiger partial charge on any atom is -0.423 e. The lowest BCUT2D eigenvalue weighted by Crippen LogP contribution is -2.14. The van der Waals surface area contributed by atoms with Gasteiger partial charge in [-0.05, 0) is 6.07 Å². The number of nitrogens with one attached hydrogen (secondary N) is 1. The number of anilines is 1. The third kappa shape index (κ3) is 3.41. The molecule has 0 unspecified atom stereocenters. The number of aromatic nitrogens is 1. The first-order valence-electron chi connectivity index (χ1n) is 5.32. The maximum absolute atomic E-state index is 10.9. The number of benzene rings is 1. The molecule has 0 bridgehead atoms. The number of nitro groups is 1. The number of nitro benzene ring substituents is 1. The Labute approximate surface area is 108 Å². The van der Waals surface area contributed by atoms with Gasteiger partial charge in [0.1, 0.15) is 15.4 Å². The summed E-state index contributed by atoms with van der Waals surface area (Å²) >= 11 is 0. The second-order valence-electron chi connectivity index (χ2n) is 3.98. The molecule has 0 fully saturated rings. The number of fused-ring (bicyclic) bond motifs is 1. The van der Waals surface area contributed by atoms with Crippen molar-refractivity contribution < 1.29 is 17.8 Å². The molecule has 2 rings (SSSR count). The molecule has 8 nitrogen and oxygen atoms in total. The van der Waals surface area contributed by atoms with E-state index in [1.165, 1.54) is 18.2 Å². The van der Waals surface area contributed by atoms with E-state index in [9.17, 15) is 18.5 Å². The van der Waals surface area contributed by atoms with E-state index in [4.69, 9.17) is 4.42 Å². The summed E-state index contributed by atoms with van der Waals surface area (Å²) in [5, 5.41) is 13.3. The molecule has 0 amide bonds. The first-order valence-corrected chi connectivity index (χ1v) is 7.38. The summed E-state index contributed by atoms with van der Waals surface area (Å²) in [4.78, 5) is 14.1. The molecule has 0 spiro atoms. The Morgan fingerprint density at radius 1 is 1.47 bits per heavy atom. The molecule has 2 aromatic rings. The number of hydrogen-bond acceptors (Lipinski definition) is 7. The van der Waals surface area contributed by atoms with Gasteiger partial charge in [0.05, 0.1) is 16.7 Å². The van der Waals surface area contributed by atoms with Crippen LogP contribution in [0.2, 0.25) is 0 Å². The van der Waals surface area contributed by atoms with Gasteiger partial charge < -0.3 is 9.73 Å². The summed E-state index contributed by atoms with van der Waals surface area (Å²) in [6.45, 7) is 0.160. The van der Waals surface area contributed by atoms with E-state index >= 15 is 0 Å². The zero-order chi connectivity index (χ0) is 14.0. The summed E-state index contributed by atoms with van der Waals surface area (Å²) in [6.07, 6.45) is 1.13. The lowest BCUT2D eigenvalue weighted by atomic mass is 10.3. The van der Waals surface area contributed by atoms with Crippen molar-refractivity contribution in [3.05, 3.63) is 28.3 Å². The fourth-order valence-corrected chi connectivity index (χ4v) is 1.92. The van der Waals surface area contributed by atoms with E-state index < -0.39 is 14.8 Å². The predicted molar refractivity (Wildman–Crippen MR) is 68.9 cm³/mol. The van der Waals surface area contributed by atoms with E-state index in [1.807, 2.05) is 0 Å². The summed E-state index contributed by atoms with van der Waals surface area (Å²) in [5.41, 5.74) is 0.648. The van der Waals surface area contributed by atoms with Gasteiger partial charge in [0.2, 0.25) is 0 Å². The van der Waals surface area contributed by atoms with Crippen LogP contribution in [-0.4, -0.2) is 36.9 Å². The molecule has 1 aromatic carbocycles. The second kappa shape index (κ2) is 4.84. The van der Waals surface area contributed by atoms with Crippen LogP contribution in [0.4, 0.5) is 11.7 Å². The number of sulfone groups is 1. The molecule has 0 aliphatic rings. The summed E-state index contributed by atoms with van der Waals surface area (Å²) < 4.78 is 27.1. The van der Waals surface area contributed by atoms with E-state index in [1.54, 1.807) is 0 Å². The van der Waals surface area contributed by atoms with Gasteiger partial charge >= 0.3 is 0 Å². The molecular weight excluding hydrogens is 274 g/mol. The molecule has 1 N–H and O–H groups in total. The van der Waals surface area contributed by atoms with Crippen molar-refractivity contribution >= 4 is 32.6 Å². The van der Waals surface area contributed by atoms with Crippen molar-refractivity contribution in [2.24, 2.45) is 0 Å². The highest BCUT2D eigenvalue weighted by Gasteiger charge is 2.11. The molecular formula is C10H11N3O5S. The predicted octanol–water partition coefficient (Wildman–Crippen LogP) is 1.19. The molecule has 102 valence electrons. The number of hydrogen-bond donors (Lipinski definition) is 1. The normalized spacial score (nSPS) is 11.6. The smallest absolute Gasteiger partial charge is 0.295 e. The lowest BCUT2D eigenvalue weighted by Gasteiger charge is -1.98. The highest BCUT2D eigenvalue weighted by Crippen LogP contribution is 2.23. The number of oxazole rings is 1. The monoisotopic (exact) mass is 285 g/mol. The Morgan fingerprint density at radius 2 is 2.21 bits per heavy atom. The molecule has 0 saturated carbocycles. The summed E-state index contributed by atoms with van der Waals surface area (Å²) in [5.74, 6) is -0.0497. The molecule has 0 radical (unpaired) electrons. The zero-order valence-corrected chi connectivity index (χ0v) is 10.8. The molecule has 0 saturated heterocycles. The minimum absolute atomic E-state index is 0.0497. The average molecular weight is 285 g/mol. The fourth-order valence-electron chi connectivity index (χ4n) is 1.45. The summed E-state index contributed by atoms with van der Waals surface area (Å²) in [6, 6.07) is 4.20. The molecule has 0 aliphatic carbocycles. The van der Waals surface area contributed by atoms with Crippen molar-refractivity contribution in [3.63, 3.8) is 0 Å². The van der Waals surface area contributed by atoms with Gasteiger partial charge in [-0.3, -0.25) is 10.1 Å². The van der Waals surface area contributed by atoms with Crippen LogP contribution >= 0.6 is 0 Å². The van der Waals surface area contributed by atoms with Gasteiger partial charge in [-0.2, -0.15) is 4.98 Å². The Hall–Kier alpha value is -2.16. The van der Waals surface area contributed by atoms with Crippen LogP contribution in [0, 0.1) is 10.1 Å². The first-order chi connectivity index (χ1) is 8.85. The molecule has 1 aromatic heterocycles. The Bertz CT molecular complexity index is 722. The largest absolute Gasteiger partial charge is 0.423 e. The van der Waals surface area contributed by atoms with Crippen molar-refractivity contribution in [2.45, 2.75) is 0 Å². The van der Waals surface area contributed by atoms with Crippen LogP contribution in [0.5, 0.6) is 0 Å². The number of nitrogens with zero attached hydrogens (tertiary/aromatic N) is 2. The van der Waals surface area contributed by atoms with E-state index in [0.29, 0.717) is 5.52 Å². The van der Waals surface area contributed by atoms with Gasteiger partial charge in [-0.15, -0.1) is 0 Å². The third-order valence-corrected chi connectivity index (χ3v) is 3.28. The highest BCUT2D eigenvalue weighted by molar-refractivity contribution is 7.90. The van der Waals surface area contributed by atoms with Crippen LogP contribution < -0.4 is 5.32 Å². The average Bonchev–Trinajstić information content (AvgIpc) is 2.68. The third-order valence-electron chi connectivity index (χ3n) is 2.33. The molecule has 9 heteroatoms. The number of non-ortho nitro benzene ring substituents is 1. The fraction of sp³-hybridized carbons (Fsp3) is 0.300. The van der Waals surface area contributed by atoms with Crippen molar-refractivity contribution in [1.29, 1.82) is 0 Å². The highest BCUT2D eigenvalue weighted by atomic mass is 32.2. The standard InChI is InChI=1S/C10H11N3O5S/c1-19(16,17)5-4-11-10-12-8-3-2-7(13(14)15)6-9(8)18-10/h2-3,6H,4-5H2,1H3,(H,11,12). The first kappa shape index (κ1) is 13.3. The molecule has 0 aliphatic heterocycles. The van der Waals surface area contributed by atoms with Gasteiger partial charge in [0.15, 0.2) is 5.58 Å². The van der Waals surface area contributed by atoms with Crippen LogP contribution in [0.25, 0.3) is 11.1 Å². The van der Waals surface area contributed by atoms with E-state index in [-0.39, 0.29) is 29.6 Å². The Morgan fingerprint density at radius 3 is 2.84 bits per heavy atom. The SMILES string of the molecule is CS(=O)(=O)CCNc1nc2ccc([N+](=O)[O-])cc2o1. The molecule has 0 atom stereocenters. The van der Waals surface area contributed by atoms with Crippen molar-refractivity contribution in [2.75, 3.05) is 23.9 Å². The van der Waals surface area contributed by atoms with Crippen molar-refractivity contribution in [3.8, 4) is 0 Å². The van der Waals surface area contributed by atoms with E-state index in [2.05, 4.69) is 10.3 Å². The zero-order valence-electron chi connectivity index (χ0n) is 9.99. The maximum atomic E-state index is 10.9. The van der Waals surface area contributed by atoms with Crippen molar-refractivity contribution in [1.82, 2.24) is 4.98 Å². The molecule has 1 heterocycles. The molecule has 19 heavy (non-hydrogen) atoms. The minimum atomic E-state index is -3.06. The van der Waals surface area contributed by atoms with Gasteiger partial charge in [-0.25, -0.2) is 8.42 Å².